The molecular formula is C12H19Cl2N3O. The number of carbonyl (C=O) groups excluding carboxylic acids is 1. The molecule has 1 aliphatic heterocycles. The van der Waals surface area contributed by atoms with Gasteiger partial charge < -0.3 is 10.6 Å². The monoisotopic (exact) mass is 291 g/mol. The van der Waals surface area contributed by atoms with E-state index in [4.69, 9.17) is 0 Å². The molecule has 102 valence electrons. The minimum Gasteiger partial charge on any atom is -0.317 e. The molecule has 0 atom stereocenters. The highest BCUT2D eigenvalue weighted by Gasteiger charge is 2.15. The number of carbonyl (C=O) groups is 1. The first-order chi connectivity index (χ1) is 7.75. The van der Waals surface area contributed by atoms with Crippen molar-refractivity contribution in [2.45, 2.75) is 25.7 Å². The number of hydrogen-bond donors (Lipinski definition) is 2. The molecule has 1 amide bonds. The summed E-state index contributed by atoms with van der Waals surface area (Å²) in [5, 5.41) is 6.06. The van der Waals surface area contributed by atoms with Gasteiger partial charge in [0.2, 0.25) is 5.91 Å². The van der Waals surface area contributed by atoms with Crippen molar-refractivity contribution < 1.29 is 4.79 Å². The first kappa shape index (κ1) is 17.2. The van der Waals surface area contributed by atoms with Crippen LogP contribution in [0.15, 0.2) is 18.3 Å². The van der Waals surface area contributed by atoms with Gasteiger partial charge in [-0.15, -0.1) is 24.8 Å². The Morgan fingerprint density at radius 3 is 2.67 bits per heavy atom. The lowest BCUT2D eigenvalue weighted by Crippen LogP contribution is -2.26. The zero-order valence-electron chi connectivity index (χ0n) is 10.3. The minimum absolute atomic E-state index is 0. The first-order valence-corrected chi connectivity index (χ1v) is 5.70. The summed E-state index contributed by atoms with van der Waals surface area (Å²) in [5.74, 6) is 1.18. The van der Waals surface area contributed by atoms with Gasteiger partial charge in [0.1, 0.15) is 5.82 Å². The molecule has 1 aromatic rings. The molecule has 0 aliphatic carbocycles. The lowest BCUT2D eigenvalue weighted by molar-refractivity contribution is -0.114. The van der Waals surface area contributed by atoms with Gasteiger partial charge in [0.25, 0.3) is 0 Å². The molecular weight excluding hydrogens is 273 g/mol. The first-order valence-electron chi connectivity index (χ1n) is 5.70. The van der Waals surface area contributed by atoms with E-state index in [1.165, 1.54) is 12.5 Å². The van der Waals surface area contributed by atoms with E-state index in [9.17, 15) is 4.79 Å². The van der Waals surface area contributed by atoms with Crippen LogP contribution < -0.4 is 10.6 Å². The summed E-state index contributed by atoms with van der Waals surface area (Å²) >= 11 is 0. The van der Waals surface area contributed by atoms with E-state index in [1.54, 1.807) is 6.20 Å². The normalized spacial score (nSPS) is 15.2. The lowest BCUT2D eigenvalue weighted by Gasteiger charge is -2.23. The highest BCUT2D eigenvalue weighted by molar-refractivity contribution is 5.87. The summed E-state index contributed by atoms with van der Waals surface area (Å²) in [6.45, 7) is 3.64. The molecule has 2 N–H and O–H groups in total. The Hall–Kier alpha value is -0.840. The van der Waals surface area contributed by atoms with Gasteiger partial charge in [-0.25, -0.2) is 4.98 Å². The largest absolute Gasteiger partial charge is 0.317 e. The van der Waals surface area contributed by atoms with Crippen LogP contribution in [-0.4, -0.2) is 24.0 Å². The van der Waals surface area contributed by atoms with Crippen LogP contribution in [0, 0.1) is 0 Å². The Balaban J connectivity index is 0.00000144. The standard InChI is InChI=1S/C12H17N3O.2ClH/c1-9(16)15-12-8-11(4-7-14-12)10-2-5-13-6-3-10;;/h4,7-8,10,13H,2-3,5-6H2,1H3,(H,14,15,16);2*1H. The number of rotatable bonds is 2. The second-order valence-corrected chi connectivity index (χ2v) is 4.18. The summed E-state index contributed by atoms with van der Waals surface area (Å²) in [4.78, 5) is 15.1. The highest BCUT2D eigenvalue weighted by atomic mass is 35.5. The fourth-order valence-electron chi connectivity index (χ4n) is 2.10. The van der Waals surface area contributed by atoms with Crippen molar-refractivity contribution in [2.75, 3.05) is 18.4 Å². The summed E-state index contributed by atoms with van der Waals surface area (Å²) in [5.41, 5.74) is 1.28. The second-order valence-electron chi connectivity index (χ2n) is 4.18. The van der Waals surface area contributed by atoms with Gasteiger partial charge in [0, 0.05) is 13.1 Å². The van der Waals surface area contributed by atoms with Crippen LogP contribution in [0.3, 0.4) is 0 Å². The third-order valence-electron chi connectivity index (χ3n) is 2.90. The molecule has 0 aromatic carbocycles. The van der Waals surface area contributed by atoms with Crippen LogP contribution in [-0.2, 0) is 4.79 Å². The van der Waals surface area contributed by atoms with Crippen molar-refractivity contribution in [3.8, 4) is 0 Å². The van der Waals surface area contributed by atoms with Crippen molar-refractivity contribution in [2.24, 2.45) is 0 Å². The Bertz CT molecular complexity index is 381. The lowest BCUT2D eigenvalue weighted by atomic mass is 9.91. The number of pyridine rings is 1. The molecule has 0 unspecified atom stereocenters. The van der Waals surface area contributed by atoms with E-state index < -0.39 is 0 Å². The number of halogens is 2. The zero-order valence-corrected chi connectivity index (χ0v) is 11.9. The summed E-state index contributed by atoms with van der Waals surface area (Å²) in [7, 11) is 0. The van der Waals surface area contributed by atoms with E-state index in [0.29, 0.717) is 11.7 Å². The minimum atomic E-state index is -0.0741. The fraction of sp³-hybridized carbons (Fsp3) is 0.500. The second kappa shape index (κ2) is 8.29. The molecule has 2 rings (SSSR count). The number of hydrogen-bond acceptors (Lipinski definition) is 3. The van der Waals surface area contributed by atoms with Crippen molar-refractivity contribution in [1.82, 2.24) is 10.3 Å². The highest BCUT2D eigenvalue weighted by Crippen LogP contribution is 2.25. The summed E-state index contributed by atoms with van der Waals surface area (Å²) in [6.07, 6.45) is 4.08. The smallest absolute Gasteiger partial charge is 0.222 e. The molecule has 0 saturated carbocycles. The third kappa shape index (κ3) is 4.80. The number of piperidine rings is 1. The number of nitrogens with one attached hydrogen (secondary N) is 2. The fourth-order valence-corrected chi connectivity index (χ4v) is 2.10. The Labute approximate surface area is 120 Å². The van der Waals surface area contributed by atoms with Crippen molar-refractivity contribution in [3.63, 3.8) is 0 Å². The number of nitrogens with zero attached hydrogens (tertiary/aromatic N) is 1. The van der Waals surface area contributed by atoms with Gasteiger partial charge in [0.15, 0.2) is 0 Å². The van der Waals surface area contributed by atoms with Crippen LogP contribution >= 0.6 is 24.8 Å². The van der Waals surface area contributed by atoms with E-state index in [0.717, 1.165) is 25.9 Å². The van der Waals surface area contributed by atoms with Gasteiger partial charge in [-0.3, -0.25) is 4.79 Å². The van der Waals surface area contributed by atoms with Crippen LogP contribution in [0.25, 0.3) is 0 Å². The Morgan fingerprint density at radius 2 is 2.06 bits per heavy atom. The third-order valence-corrected chi connectivity index (χ3v) is 2.90. The average molecular weight is 292 g/mol. The molecule has 0 radical (unpaired) electrons. The molecule has 0 bridgehead atoms. The van der Waals surface area contributed by atoms with E-state index in [1.807, 2.05) is 12.1 Å². The number of anilines is 1. The van der Waals surface area contributed by atoms with Gasteiger partial charge in [0.05, 0.1) is 0 Å². The predicted octanol–water partition coefficient (Wildman–Crippen LogP) is 2.35. The van der Waals surface area contributed by atoms with Crippen LogP contribution in [0.5, 0.6) is 0 Å². The van der Waals surface area contributed by atoms with Gasteiger partial charge >= 0.3 is 0 Å². The maximum absolute atomic E-state index is 10.9. The molecule has 1 aliphatic rings. The van der Waals surface area contributed by atoms with E-state index >= 15 is 0 Å². The topological polar surface area (TPSA) is 54.0 Å². The summed E-state index contributed by atoms with van der Waals surface area (Å²) < 4.78 is 0. The van der Waals surface area contributed by atoms with Crippen LogP contribution in [0.4, 0.5) is 5.82 Å². The Morgan fingerprint density at radius 1 is 1.39 bits per heavy atom. The van der Waals surface area contributed by atoms with E-state index in [-0.39, 0.29) is 30.7 Å². The molecule has 1 aromatic heterocycles. The molecule has 0 spiro atoms. The molecule has 1 fully saturated rings. The van der Waals surface area contributed by atoms with Gasteiger partial charge in [-0.05, 0) is 49.5 Å². The number of amides is 1. The summed E-state index contributed by atoms with van der Waals surface area (Å²) in [6, 6.07) is 4.03. The van der Waals surface area contributed by atoms with Crippen LogP contribution in [0.2, 0.25) is 0 Å². The molecule has 4 nitrogen and oxygen atoms in total. The SMILES string of the molecule is CC(=O)Nc1cc(C2CCNCC2)ccn1.Cl.Cl. The zero-order chi connectivity index (χ0) is 11.4. The molecule has 18 heavy (non-hydrogen) atoms. The average Bonchev–Trinajstić information content (AvgIpc) is 2.30. The van der Waals surface area contributed by atoms with Gasteiger partial charge in [-0.1, -0.05) is 0 Å². The molecule has 1 saturated heterocycles. The van der Waals surface area contributed by atoms with Crippen molar-refractivity contribution >= 4 is 36.5 Å². The van der Waals surface area contributed by atoms with Crippen LogP contribution in [0.1, 0.15) is 31.2 Å². The maximum Gasteiger partial charge on any atom is 0.222 e. The Kier molecular flexibility index (Phi) is 7.91. The molecule has 6 heteroatoms. The quantitative estimate of drug-likeness (QED) is 0.879. The predicted molar refractivity (Wildman–Crippen MR) is 77.9 cm³/mol. The van der Waals surface area contributed by atoms with Crippen molar-refractivity contribution in [3.05, 3.63) is 23.9 Å². The maximum atomic E-state index is 10.9. The van der Waals surface area contributed by atoms with E-state index in [2.05, 4.69) is 15.6 Å². The molecule has 2 heterocycles. The van der Waals surface area contributed by atoms with Gasteiger partial charge in [-0.2, -0.15) is 0 Å². The number of aromatic nitrogens is 1. The van der Waals surface area contributed by atoms with Crippen molar-refractivity contribution in [1.29, 1.82) is 0 Å².